The third-order valence-corrected chi connectivity index (χ3v) is 4.36. The third kappa shape index (κ3) is 5.48. The maximum absolute atomic E-state index is 5.26. The molecule has 0 atom stereocenters. The van der Waals surface area contributed by atoms with Crippen molar-refractivity contribution in [1.29, 1.82) is 0 Å². The highest BCUT2D eigenvalue weighted by Crippen LogP contribution is 2.17. The molecule has 2 aliphatic carbocycles. The first-order valence-corrected chi connectivity index (χ1v) is 8.19. The minimum atomic E-state index is 0.520. The lowest BCUT2D eigenvalue weighted by Gasteiger charge is -2.25. The Balaban J connectivity index is 1.58. The lowest BCUT2D eigenvalue weighted by atomic mass is 9.96. The van der Waals surface area contributed by atoms with E-state index < -0.39 is 0 Å². The average Bonchev–Trinajstić information content (AvgIpc) is 2.90. The molecule has 0 saturated heterocycles. The molecular weight excluding hydrogens is 276 g/mol. The highest BCUT2D eigenvalue weighted by atomic mass is 32.1. The van der Waals surface area contributed by atoms with E-state index in [1.165, 1.54) is 57.8 Å². The third-order valence-electron chi connectivity index (χ3n) is 3.92. The summed E-state index contributed by atoms with van der Waals surface area (Å²) in [5, 5.41) is 7.93. The normalized spacial score (nSPS) is 20.8. The Morgan fingerprint density at radius 2 is 1.00 bits per heavy atom. The first-order chi connectivity index (χ1) is 9.24. The van der Waals surface area contributed by atoms with Gasteiger partial charge in [-0.15, -0.1) is 0 Å². The molecule has 4 N–H and O–H groups in total. The Kier molecular flexibility index (Phi) is 6.10. The lowest BCUT2D eigenvalue weighted by molar-refractivity contribution is 0.411. The van der Waals surface area contributed by atoms with Crippen molar-refractivity contribution in [2.45, 2.75) is 69.9 Å². The van der Waals surface area contributed by atoms with Gasteiger partial charge in [0.1, 0.15) is 0 Å². The Morgan fingerprint density at radius 3 is 1.42 bits per heavy atom. The molecule has 2 aliphatic rings. The van der Waals surface area contributed by atoms with Crippen LogP contribution in [0, 0.1) is 0 Å². The van der Waals surface area contributed by atoms with Crippen LogP contribution in [-0.2, 0) is 0 Å². The quantitative estimate of drug-likeness (QED) is 0.463. The summed E-state index contributed by atoms with van der Waals surface area (Å²) in [5.74, 6) is 0. The predicted octanol–water partition coefficient (Wildman–Crippen LogP) is 2.10. The summed E-state index contributed by atoms with van der Waals surface area (Å²) in [4.78, 5) is 0. The molecule has 0 spiro atoms. The van der Waals surface area contributed by atoms with Crippen molar-refractivity contribution >= 4 is 34.7 Å². The summed E-state index contributed by atoms with van der Waals surface area (Å²) in [5.41, 5.74) is 5.94. The zero-order valence-electron chi connectivity index (χ0n) is 11.3. The number of nitrogens with one attached hydrogen (secondary N) is 4. The second kappa shape index (κ2) is 7.85. The molecule has 2 rings (SSSR count). The highest BCUT2D eigenvalue weighted by molar-refractivity contribution is 7.80. The van der Waals surface area contributed by atoms with E-state index in [-0.39, 0.29) is 0 Å². The van der Waals surface area contributed by atoms with Crippen LogP contribution in [0.15, 0.2) is 0 Å². The predicted molar refractivity (Wildman–Crippen MR) is 86.9 cm³/mol. The van der Waals surface area contributed by atoms with Gasteiger partial charge in [0, 0.05) is 12.1 Å². The van der Waals surface area contributed by atoms with Crippen molar-refractivity contribution in [2.75, 3.05) is 0 Å². The van der Waals surface area contributed by atoms with Crippen molar-refractivity contribution in [3.05, 3.63) is 0 Å². The van der Waals surface area contributed by atoms with Gasteiger partial charge >= 0.3 is 0 Å². The molecule has 2 saturated carbocycles. The van der Waals surface area contributed by atoms with Gasteiger partial charge in [-0.2, -0.15) is 0 Å². The molecule has 0 unspecified atom stereocenters. The molecule has 108 valence electrons. The van der Waals surface area contributed by atoms with Crippen LogP contribution in [0.1, 0.15) is 57.8 Å². The number of hydrogen-bond acceptors (Lipinski definition) is 2. The van der Waals surface area contributed by atoms with E-state index in [1.807, 2.05) is 0 Å². The maximum Gasteiger partial charge on any atom is 0.185 e. The SMILES string of the molecule is S=C(NNC(=S)NC1CCCC1)NC1CCCCC1. The number of rotatable bonds is 2. The standard InChI is InChI=1S/C13H24N4S2/c18-12(14-10-6-2-1-3-7-10)16-17-13(19)15-11-8-4-5-9-11/h10-11H,1-9H2,(H2,14,16,18)(H2,15,17,19). The van der Waals surface area contributed by atoms with E-state index in [1.54, 1.807) is 0 Å². The second-order valence-electron chi connectivity index (χ2n) is 5.51. The molecule has 6 heteroatoms. The minimum Gasteiger partial charge on any atom is -0.359 e. The Bertz CT molecular complexity index is 310. The molecule has 19 heavy (non-hydrogen) atoms. The zero-order valence-corrected chi connectivity index (χ0v) is 13.0. The van der Waals surface area contributed by atoms with Crippen molar-refractivity contribution in [1.82, 2.24) is 21.5 Å². The number of thiocarbonyl (C=S) groups is 2. The Hall–Kier alpha value is -0.620. The highest BCUT2D eigenvalue weighted by Gasteiger charge is 2.16. The van der Waals surface area contributed by atoms with Crippen molar-refractivity contribution in [2.24, 2.45) is 0 Å². The number of hydrazine groups is 1. The summed E-state index contributed by atoms with van der Waals surface area (Å²) >= 11 is 10.5. The molecule has 0 aromatic rings. The van der Waals surface area contributed by atoms with Gasteiger partial charge in [-0.05, 0) is 50.1 Å². The molecule has 0 radical (unpaired) electrons. The molecule has 0 bridgehead atoms. The maximum atomic E-state index is 5.26. The smallest absolute Gasteiger partial charge is 0.185 e. The monoisotopic (exact) mass is 300 g/mol. The molecule has 0 aliphatic heterocycles. The van der Waals surface area contributed by atoms with Crippen molar-refractivity contribution in [3.8, 4) is 0 Å². The Morgan fingerprint density at radius 1 is 0.632 bits per heavy atom. The molecule has 0 aromatic heterocycles. The van der Waals surface area contributed by atoms with Gasteiger partial charge in [0.15, 0.2) is 10.2 Å². The fraction of sp³-hybridized carbons (Fsp3) is 0.846. The van der Waals surface area contributed by atoms with Crippen LogP contribution in [0.25, 0.3) is 0 Å². The van der Waals surface area contributed by atoms with E-state index in [9.17, 15) is 0 Å². The molecule has 0 amide bonds. The molecule has 2 fully saturated rings. The van der Waals surface area contributed by atoms with Gasteiger partial charge in [-0.25, -0.2) is 0 Å². The minimum absolute atomic E-state index is 0.520. The summed E-state index contributed by atoms with van der Waals surface area (Å²) in [6.07, 6.45) is 11.4. The van der Waals surface area contributed by atoms with Crippen LogP contribution in [0.2, 0.25) is 0 Å². The van der Waals surface area contributed by atoms with Crippen LogP contribution in [0.3, 0.4) is 0 Å². The molecule has 0 heterocycles. The van der Waals surface area contributed by atoms with Crippen LogP contribution in [0.5, 0.6) is 0 Å². The topological polar surface area (TPSA) is 48.1 Å². The van der Waals surface area contributed by atoms with Gasteiger partial charge in [-0.3, -0.25) is 10.9 Å². The van der Waals surface area contributed by atoms with Crippen LogP contribution < -0.4 is 21.5 Å². The second-order valence-corrected chi connectivity index (χ2v) is 6.33. The van der Waals surface area contributed by atoms with Crippen LogP contribution in [0.4, 0.5) is 0 Å². The van der Waals surface area contributed by atoms with Crippen LogP contribution in [-0.4, -0.2) is 22.3 Å². The zero-order chi connectivity index (χ0) is 13.5. The summed E-state index contributed by atoms with van der Waals surface area (Å²) in [6, 6.07) is 1.05. The van der Waals surface area contributed by atoms with E-state index in [4.69, 9.17) is 24.4 Å². The van der Waals surface area contributed by atoms with Crippen molar-refractivity contribution < 1.29 is 0 Å². The van der Waals surface area contributed by atoms with Gasteiger partial charge in [0.2, 0.25) is 0 Å². The van der Waals surface area contributed by atoms with E-state index in [0.717, 1.165) is 0 Å². The van der Waals surface area contributed by atoms with E-state index in [0.29, 0.717) is 22.3 Å². The first kappa shape index (κ1) is 14.8. The fourth-order valence-electron chi connectivity index (χ4n) is 2.87. The summed E-state index contributed by atoms with van der Waals surface area (Å²) in [6.45, 7) is 0. The molecule has 0 aromatic carbocycles. The van der Waals surface area contributed by atoms with Gasteiger partial charge in [-0.1, -0.05) is 32.1 Å². The van der Waals surface area contributed by atoms with Gasteiger partial charge < -0.3 is 10.6 Å². The Labute approximate surface area is 126 Å². The largest absolute Gasteiger partial charge is 0.359 e. The average molecular weight is 300 g/mol. The number of hydrogen-bond donors (Lipinski definition) is 4. The molecular formula is C13H24N4S2. The lowest BCUT2D eigenvalue weighted by Crippen LogP contribution is -2.53. The summed E-state index contributed by atoms with van der Waals surface area (Å²) < 4.78 is 0. The molecule has 4 nitrogen and oxygen atoms in total. The fourth-order valence-corrected chi connectivity index (χ4v) is 3.31. The summed E-state index contributed by atoms with van der Waals surface area (Å²) in [7, 11) is 0. The van der Waals surface area contributed by atoms with Crippen molar-refractivity contribution in [3.63, 3.8) is 0 Å². The first-order valence-electron chi connectivity index (χ1n) is 7.37. The van der Waals surface area contributed by atoms with E-state index in [2.05, 4.69) is 21.5 Å². The van der Waals surface area contributed by atoms with Gasteiger partial charge in [0.05, 0.1) is 0 Å². The van der Waals surface area contributed by atoms with E-state index >= 15 is 0 Å². The van der Waals surface area contributed by atoms with Gasteiger partial charge in [0.25, 0.3) is 0 Å². The van der Waals surface area contributed by atoms with Crippen LogP contribution >= 0.6 is 24.4 Å².